The van der Waals surface area contributed by atoms with Gasteiger partial charge in [0.05, 0.1) is 36.0 Å². The third-order valence-electron chi connectivity index (χ3n) is 7.09. The molecule has 16 heteroatoms. The maximum absolute atomic E-state index is 13.1. The Balaban J connectivity index is 1.48. The lowest BCUT2D eigenvalue weighted by atomic mass is 9.95. The van der Waals surface area contributed by atoms with Crippen LogP contribution in [0.25, 0.3) is 0 Å². The zero-order valence-corrected chi connectivity index (χ0v) is 26.8. The number of rotatable bonds is 13. The third-order valence-corrected chi connectivity index (χ3v) is 9.23. The highest BCUT2D eigenvalue weighted by molar-refractivity contribution is 7.99. The van der Waals surface area contributed by atoms with Crippen LogP contribution < -0.4 is 10.6 Å². The minimum absolute atomic E-state index is 0.0615. The summed E-state index contributed by atoms with van der Waals surface area (Å²) >= 11 is 2.13. The number of carbonyl (C=O) groups excluding carboxylic acids is 4. The van der Waals surface area contributed by atoms with E-state index in [9.17, 15) is 29.3 Å². The van der Waals surface area contributed by atoms with Gasteiger partial charge in [-0.05, 0) is 51.3 Å². The van der Waals surface area contributed by atoms with E-state index in [1.165, 1.54) is 36.0 Å². The number of hydrogen-bond acceptors (Lipinski definition) is 12. The molecule has 1 aromatic carbocycles. The molecule has 0 aliphatic heterocycles. The normalized spacial score (nSPS) is 13.2. The number of nitrogens with zero attached hydrogens (tertiary/aromatic N) is 4. The van der Waals surface area contributed by atoms with Crippen molar-refractivity contribution in [1.29, 1.82) is 0 Å². The molecule has 0 unspecified atom stereocenters. The Kier molecular flexibility index (Phi) is 11.6. The molecule has 2 N–H and O–H groups in total. The van der Waals surface area contributed by atoms with E-state index >= 15 is 0 Å². The van der Waals surface area contributed by atoms with E-state index in [0.717, 1.165) is 43.4 Å². The Morgan fingerprint density at radius 1 is 1.04 bits per heavy atom. The fraction of sp³-hybridized carbons (Fsp3) is 0.448. The summed E-state index contributed by atoms with van der Waals surface area (Å²) in [7, 11) is 0. The number of non-ortho nitro benzene ring substituents is 1. The van der Waals surface area contributed by atoms with Crippen molar-refractivity contribution in [2.75, 3.05) is 24.3 Å². The van der Waals surface area contributed by atoms with E-state index in [1.807, 2.05) is 4.57 Å². The predicted octanol–water partition coefficient (Wildman–Crippen LogP) is 5.08. The largest absolute Gasteiger partial charge is 0.462 e. The van der Waals surface area contributed by atoms with Crippen molar-refractivity contribution in [1.82, 2.24) is 20.1 Å². The first-order chi connectivity index (χ1) is 21.6. The smallest absolute Gasteiger partial charge is 0.348 e. The van der Waals surface area contributed by atoms with Crippen molar-refractivity contribution in [2.24, 2.45) is 0 Å². The Morgan fingerprint density at radius 3 is 2.36 bits per heavy atom. The van der Waals surface area contributed by atoms with E-state index in [1.54, 1.807) is 20.8 Å². The number of benzene rings is 1. The van der Waals surface area contributed by atoms with Gasteiger partial charge in [0.15, 0.2) is 11.0 Å². The minimum atomic E-state index is -0.651. The molecule has 1 aliphatic carbocycles. The number of nitro groups is 1. The molecule has 45 heavy (non-hydrogen) atoms. The van der Waals surface area contributed by atoms with Crippen molar-refractivity contribution in [2.45, 2.75) is 70.6 Å². The lowest BCUT2D eigenvalue weighted by Crippen LogP contribution is -2.26. The van der Waals surface area contributed by atoms with Gasteiger partial charge in [-0.3, -0.25) is 19.7 Å². The van der Waals surface area contributed by atoms with Crippen molar-refractivity contribution in [3.63, 3.8) is 0 Å². The summed E-state index contributed by atoms with van der Waals surface area (Å²) in [5.74, 6) is -1.61. The zero-order chi connectivity index (χ0) is 32.5. The first kappa shape index (κ1) is 33.6. The summed E-state index contributed by atoms with van der Waals surface area (Å²) in [6.07, 6.45) is 4.97. The Hall–Kier alpha value is -4.31. The van der Waals surface area contributed by atoms with Gasteiger partial charge in [-0.15, -0.1) is 21.5 Å². The molecule has 0 bridgehead atoms. The van der Waals surface area contributed by atoms with E-state index in [-0.39, 0.29) is 58.2 Å². The van der Waals surface area contributed by atoms with Crippen LogP contribution in [0.2, 0.25) is 0 Å². The number of anilines is 1. The molecule has 2 amide bonds. The molecule has 1 fully saturated rings. The van der Waals surface area contributed by atoms with E-state index in [0.29, 0.717) is 16.5 Å². The van der Waals surface area contributed by atoms with Gasteiger partial charge in [0, 0.05) is 23.7 Å². The maximum Gasteiger partial charge on any atom is 0.348 e. The van der Waals surface area contributed by atoms with Crippen LogP contribution in [-0.4, -0.2) is 62.4 Å². The number of thioether (sulfide) groups is 1. The molecule has 240 valence electrons. The fourth-order valence-electron chi connectivity index (χ4n) is 4.96. The molecule has 0 radical (unpaired) electrons. The predicted molar refractivity (Wildman–Crippen MR) is 167 cm³/mol. The Bertz CT molecular complexity index is 1560. The van der Waals surface area contributed by atoms with Crippen molar-refractivity contribution >= 4 is 57.5 Å². The molecule has 1 aliphatic rings. The lowest BCUT2D eigenvalue weighted by molar-refractivity contribution is -0.384. The van der Waals surface area contributed by atoms with Gasteiger partial charge in [-0.2, -0.15) is 0 Å². The van der Waals surface area contributed by atoms with Gasteiger partial charge in [0.25, 0.3) is 11.6 Å². The van der Waals surface area contributed by atoms with Crippen molar-refractivity contribution < 1.29 is 33.6 Å². The first-order valence-electron chi connectivity index (χ1n) is 14.5. The quantitative estimate of drug-likeness (QED) is 0.108. The first-order valence-corrected chi connectivity index (χ1v) is 16.3. The highest BCUT2D eigenvalue weighted by Gasteiger charge is 2.28. The van der Waals surface area contributed by atoms with Gasteiger partial charge >= 0.3 is 11.9 Å². The summed E-state index contributed by atoms with van der Waals surface area (Å²) in [6, 6.07) is 5.40. The van der Waals surface area contributed by atoms with E-state index in [4.69, 9.17) is 9.47 Å². The molecule has 4 rings (SSSR count). The molecule has 2 heterocycles. The fourth-order valence-corrected chi connectivity index (χ4v) is 6.89. The third kappa shape index (κ3) is 8.25. The number of hydrogen-bond donors (Lipinski definition) is 2. The second-order valence-electron chi connectivity index (χ2n) is 10.1. The lowest BCUT2D eigenvalue weighted by Gasteiger charge is -2.25. The van der Waals surface area contributed by atoms with Crippen LogP contribution in [0.15, 0.2) is 29.4 Å². The zero-order valence-electron chi connectivity index (χ0n) is 25.1. The van der Waals surface area contributed by atoms with Crippen molar-refractivity contribution in [3.05, 3.63) is 61.8 Å². The Morgan fingerprint density at radius 2 is 1.71 bits per heavy atom. The number of nitro benzene ring substituents is 1. The van der Waals surface area contributed by atoms with Crippen molar-refractivity contribution in [3.8, 4) is 0 Å². The van der Waals surface area contributed by atoms with Gasteiger partial charge in [-0.1, -0.05) is 31.0 Å². The summed E-state index contributed by atoms with van der Waals surface area (Å²) in [4.78, 5) is 61.6. The molecule has 0 saturated heterocycles. The summed E-state index contributed by atoms with van der Waals surface area (Å²) < 4.78 is 12.2. The minimum Gasteiger partial charge on any atom is -0.462 e. The SMILES string of the molecule is CCOC(=O)c1sc(NC(=O)CSc2nnc(CNC(=O)c3ccc([N+](=O)[O-])cc3)n2C2CCCCC2)c(C(=O)OCC)c1C. The van der Waals surface area contributed by atoms with Gasteiger partial charge < -0.3 is 24.7 Å². The van der Waals surface area contributed by atoms with E-state index < -0.39 is 28.7 Å². The number of carbonyl (C=O) groups is 4. The summed E-state index contributed by atoms with van der Waals surface area (Å²) in [5.41, 5.74) is 0.643. The highest BCUT2D eigenvalue weighted by atomic mass is 32.2. The molecule has 0 spiro atoms. The molecule has 0 atom stereocenters. The van der Waals surface area contributed by atoms with Gasteiger partial charge in [-0.25, -0.2) is 9.59 Å². The molecule has 1 saturated carbocycles. The number of nitrogens with one attached hydrogen (secondary N) is 2. The second kappa shape index (κ2) is 15.6. The molecular formula is C29H34N6O8S2. The number of esters is 2. The number of aromatic nitrogens is 3. The molecule has 3 aromatic rings. The second-order valence-corrected chi connectivity index (χ2v) is 12.0. The average Bonchev–Trinajstić information content (AvgIpc) is 3.59. The van der Waals surface area contributed by atoms with Crippen LogP contribution in [0.1, 0.15) is 93.8 Å². The van der Waals surface area contributed by atoms with Crippen LogP contribution in [0.5, 0.6) is 0 Å². The number of thiophene rings is 1. The maximum atomic E-state index is 13.1. The summed E-state index contributed by atoms with van der Waals surface area (Å²) in [6.45, 7) is 5.30. The van der Waals surface area contributed by atoms with Gasteiger partial charge in [0.1, 0.15) is 9.88 Å². The van der Waals surface area contributed by atoms with Crippen LogP contribution >= 0.6 is 23.1 Å². The van der Waals surface area contributed by atoms with Crippen LogP contribution in [0.3, 0.4) is 0 Å². The van der Waals surface area contributed by atoms with E-state index in [2.05, 4.69) is 20.8 Å². The summed E-state index contributed by atoms with van der Waals surface area (Å²) in [5, 5.41) is 25.8. The van der Waals surface area contributed by atoms with Crippen LogP contribution in [0, 0.1) is 17.0 Å². The number of amides is 2. The Labute approximate surface area is 267 Å². The highest BCUT2D eigenvalue weighted by Crippen LogP contribution is 2.35. The van der Waals surface area contributed by atoms with Gasteiger partial charge in [0.2, 0.25) is 5.91 Å². The molecule has 14 nitrogen and oxygen atoms in total. The van der Waals surface area contributed by atoms with Crippen LogP contribution in [-0.2, 0) is 20.8 Å². The van der Waals surface area contributed by atoms with Crippen LogP contribution in [0.4, 0.5) is 10.7 Å². The monoisotopic (exact) mass is 658 g/mol. The number of ether oxygens (including phenoxy) is 2. The topological polar surface area (TPSA) is 185 Å². The molecule has 2 aromatic heterocycles. The standard InChI is InChI=1S/C29H34N6O8S2/c1-4-42-27(38)23-17(3)24(28(39)43-5-2)45-26(23)31-22(36)16-44-29-33-32-21(34(29)19-9-7-6-8-10-19)15-30-25(37)18-11-13-20(14-12-18)35(40)41/h11-14,19H,4-10,15-16H2,1-3H3,(H,30,37)(H,31,36). The average molecular weight is 659 g/mol. The molecular weight excluding hydrogens is 624 g/mol.